The van der Waals surface area contributed by atoms with E-state index < -0.39 is 0 Å². The highest BCUT2D eigenvalue weighted by atomic mass is 14.8. The van der Waals surface area contributed by atoms with Gasteiger partial charge in [0, 0.05) is 17.8 Å². The third-order valence-electron chi connectivity index (χ3n) is 4.21. The van der Waals surface area contributed by atoms with Gasteiger partial charge in [0.05, 0.1) is 0 Å². The molecule has 1 heterocycles. The Bertz CT molecular complexity index is 356. The zero-order valence-electron chi connectivity index (χ0n) is 10.6. The lowest BCUT2D eigenvalue weighted by molar-refractivity contribution is 0.240. The summed E-state index contributed by atoms with van der Waals surface area (Å²) < 4.78 is 0. The Labute approximate surface area is 104 Å². The molecule has 1 unspecified atom stereocenters. The largest absolute Gasteiger partial charge is 0.383 e. The Hall–Kier alpha value is -1.09. The summed E-state index contributed by atoms with van der Waals surface area (Å²) >= 11 is 0. The molecule has 1 aromatic heterocycles. The quantitative estimate of drug-likeness (QED) is 0.843. The van der Waals surface area contributed by atoms with Gasteiger partial charge in [0.1, 0.15) is 5.82 Å². The minimum Gasteiger partial charge on any atom is -0.383 e. The number of nitrogen functional groups attached to an aromatic ring is 1. The average molecular weight is 233 g/mol. The number of anilines is 1. The van der Waals surface area contributed by atoms with Gasteiger partial charge in [0.15, 0.2) is 0 Å². The lowest BCUT2D eigenvalue weighted by atomic mass is 9.76. The van der Waals surface area contributed by atoms with Crippen molar-refractivity contribution in [1.82, 2.24) is 4.98 Å². The Morgan fingerprint density at radius 3 is 2.65 bits per heavy atom. The summed E-state index contributed by atoms with van der Waals surface area (Å²) in [5.41, 5.74) is 13.2. The van der Waals surface area contributed by atoms with E-state index in [9.17, 15) is 0 Å². The third-order valence-corrected chi connectivity index (χ3v) is 4.21. The molecule has 3 heteroatoms. The lowest BCUT2D eigenvalue weighted by Crippen LogP contribution is -2.26. The maximum absolute atomic E-state index is 6.34. The SMILES string of the molecule is CCC1CCC(C(N)c2cccnc2N)CC1. The second-order valence-electron chi connectivity index (χ2n) is 5.19. The molecule has 0 aliphatic heterocycles. The summed E-state index contributed by atoms with van der Waals surface area (Å²) in [5.74, 6) is 2.08. The predicted molar refractivity (Wildman–Crippen MR) is 71.3 cm³/mol. The molecule has 0 spiro atoms. The first-order valence-corrected chi connectivity index (χ1v) is 6.68. The molecule has 0 saturated heterocycles. The summed E-state index contributed by atoms with van der Waals surface area (Å²) in [6.07, 6.45) is 8.11. The molecule has 17 heavy (non-hydrogen) atoms. The van der Waals surface area contributed by atoms with Crippen molar-refractivity contribution in [1.29, 1.82) is 0 Å². The summed E-state index contributed by atoms with van der Waals surface area (Å²) in [6.45, 7) is 2.28. The van der Waals surface area contributed by atoms with Gasteiger partial charge in [-0.05, 0) is 30.7 Å². The van der Waals surface area contributed by atoms with Crippen LogP contribution < -0.4 is 11.5 Å². The van der Waals surface area contributed by atoms with E-state index in [4.69, 9.17) is 11.5 Å². The summed E-state index contributed by atoms with van der Waals surface area (Å²) in [6, 6.07) is 3.99. The van der Waals surface area contributed by atoms with E-state index in [-0.39, 0.29) is 6.04 Å². The van der Waals surface area contributed by atoms with E-state index in [2.05, 4.69) is 11.9 Å². The Balaban J connectivity index is 2.02. The highest BCUT2D eigenvalue weighted by molar-refractivity contribution is 5.40. The fourth-order valence-corrected chi connectivity index (χ4v) is 2.92. The molecular weight excluding hydrogens is 210 g/mol. The van der Waals surface area contributed by atoms with Gasteiger partial charge in [-0.3, -0.25) is 0 Å². The molecule has 3 nitrogen and oxygen atoms in total. The molecule has 4 N–H and O–H groups in total. The van der Waals surface area contributed by atoms with Crippen molar-refractivity contribution in [2.24, 2.45) is 17.6 Å². The molecule has 94 valence electrons. The molecule has 0 amide bonds. The first-order valence-electron chi connectivity index (χ1n) is 6.68. The number of pyridine rings is 1. The van der Waals surface area contributed by atoms with Gasteiger partial charge in [-0.1, -0.05) is 32.3 Å². The van der Waals surface area contributed by atoms with Gasteiger partial charge < -0.3 is 11.5 Å². The molecule has 0 aromatic carbocycles. The van der Waals surface area contributed by atoms with Crippen LogP contribution in [0.2, 0.25) is 0 Å². The number of hydrogen-bond acceptors (Lipinski definition) is 3. The summed E-state index contributed by atoms with van der Waals surface area (Å²) in [5, 5.41) is 0. The van der Waals surface area contributed by atoms with Crippen molar-refractivity contribution in [2.45, 2.75) is 45.1 Å². The molecule has 1 fully saturated rings. The van der Waals surface area contributed by atoms with Gasteiger partial charge in [-0.2, -0.15) is 0 Å². The standard InChI is InChI=1S/C14H23N3/c1-2-10-5-7-11(8-6-10)13(15)12-4-3-9-17-14(12)16/h3-4,9-11,13H,2,5-8,15H2,1H3,(H2,16,17). The number of hydrogen-bond donors (Lipinski definition) is 2. The van der Waals surface area contributed by atoms with Gasteiger partial charge in [0.2, 0.25) is 0 Å². The van der Waals surface area contributed by atoms with E-state index in [1.807, 2.05) is 12.1 Å². The van der Waals surface area contributed by atoms with Crippen molar-refractivity contribution < 1.29 is 0 Å². The van der Waals surface area contributed by atoms with Crippen LogP contribution in [0.4, 0.5) is 5.82 Å². The van der Waals surface area contributed by atoms with Crippen LogP contribution in [0.3, 0.4) is 0 Å². The van der Waals surface area contributed by atoms with Crippen LogP contribution >= 0.6 is 0 Å². The molecule has 1 aromatic rings. The van der Waals surface area contributed by atoms with Crippen molar-refractivity contribution in [3.63, 3.8) is 0 Å². The highest BCUT2D eigenvalue weighted by Gasteiger charge is 2.26. The van der Waals surface area contributed by atoms with Gasteiger partial charge in [-0.15, -0.1) is 0 Å². The second-order valence-corrected chi connectivity index (χ2v) is 5.19. The van der Waals surface area contributed by atoms with E-state index in [1.165, 1.54) is 32.1 Å². The van der Waals surface area contributed by atoms with Crippen molar-refractivity contribution in [3.8, 4) is 0 Å². The number of rotatable bonds is 3. The molecule has 0 bridgehead atoms. The van der Waals surface area contributed by atoms with Crippen molar-refractivity contribution in [2.75, 3.05) is 5.73 Å². The van der Waals surface area contributed by atoms with E-state index in [0.29, 0.717) is 11.7 Å². The Kier molecular flexibility index (Phi) is 4.00. The third kappa shape index (κ3) is 2.78. The van der Waals surface area contributed by atoms with Crippen LogP contribution in [0.1, 0.15) is 50.6 Å². The zero-order valence-corrected chi connectivity index (χ0v) is 10.6. The van der Waals surface area contributed by atoms with Crippen LogP contribution in [0.15, 0.2) is 18.3 Å². The minimum atomic E-state index is 0.0570. The van der Waals surface area contributed by atoms with Gasteiger partial charge >= 0.3 is 0 Å². The smallest absolute Gasteiger partial charge is 0.128 e. The summed E-state index contributed by atoms with van der Waals surface area (Å²) in [4.78, 5) is 4.12. The number of aromatic nitrogens is 1. The predicted octanol–water partition coefficient (Wildman–Crippen LogP) is 2.88. The molecule has 2 rings (SSSR count). The van der Waals surface area contributed by atoms with Crippen molar-refractivity contribution in [3.05, 3.63) is 23.9 Å². The molecular formula is C14H23N3. The molecule has 1 aliphatic carbocycles. The highest BCUT2D eigenvalue weighted by Crippen LogP contribution is 2.37. The zero-order chi connectivity index (χ0) is 12.3. The topological polar surface area (TPSA) is 64.9 Å². The molecule has 0 radical (unpaired) electrons. The van der Waals surface area contributed by atoms with Crippen molar-refractivity contribution >= 4 is 5.82 Å². The van der Waals surface area contributed by atoms with E-state index >= 15 is 0 Å². The monoisotopic (exact) mass is 233 g/mol. The lowest BCUT2D eigenvalue weighted by Gasteiger charge is -2.32. The maximum Gasteiger partial charge on any atom is 0.128 e. The Morgan fingerprint density at radius 2 is 2.06 bits per heavy atom. The van der Waals surface area contributed by atoms with Crippen LogP contribution in [-0.2, 0) is 0 Å². The Morgan fingerprint density at radius 1 is 1.35 bits per heavy atom. The number of nitrogens with two attached hydrogens (primary N) is 2. The van der Waals surface area contributed by atoms with Gasteiger partial charge in [0.25, 0.3) is 0 Å². The fourth-order valence-electron chi connectivity index (χ4n) is 2.92. The average Bonchev–Trinajstić information content (AvgIpc) is 2.39. The van der Waals surface area contributed by atoms with E-state index in [0.717, 1.165) is 11.5 Å². The van der Waals surface area contributed by atoms with Crippen LogP contribution in [0, 0.1) is 11.8 Å². The van der Waals surface area contributed by atoms with Crippen LogP contribution in [0.25, 0.3) is 0 Å². The molecule has 1 atom stereocenters. The first kappa shape index (κ1) is 12.4. The minimum absolute atomic E-state index is 0.0570. The number of nitrogens with zero attached hydrogens (tertiary/aromatic N) is 1. The summed E-state index contributed by atoms with van der Waals surface area (Å²) in [7, 11) is 0. The van der Waals surface area contributed by atoms with Gasteiger partial charge in [-0.25, -0.2) is 4.98 Å². The maximum atomic E-state index is 6.34. The molecule has 1 saturated carbocycles. The normalized spacial score (nSPS) is 26.7. The van der Waals surface area contributed by atoms with E-state index in [1.54, 1.807) is 6.20 Å². The second kappa shape index (κ2) is 5.50. The van der Waals surface area contributed by atoms with Crippen LogP contribution in [-0.4, -0.2) is 4.98 Å². The fraction of sp³-hybridized carbons (Fsp3) is 0.643. The molecule has 1 aliphatic rings. The van der Waals surface area contributed by atoms with Crippen LogP contribution in [0.5, 0.6) is 0 Å². The first-order chi connectivity index (χ1) is 8.22.